The fourth-order valence-corrected chi connectivity index (χ4v) is 3.33. The number of hydrogen-bond acceptors (Lipinski definition) is 2. The van der Waals surface area contributed by atoms with Crippen LogP contribution in [-0.2, 0) is 6.42 Å². The summed E-state index contributed by atoms with van der Waals surface area (Å²) in [6.07, 6.45) is 8.58. The van der Waals surface area contributed by atoms with E-state index in [0.29, 0.717) is 17.7 Å². The van der Waals surface area contributed by atoms with Gasteiger partial charge in [-0.25, -0.2) is 4.39 Å². The van der Waals surface area contributed by atoms with Crippen molar-refractivity contribution in [3.8, 4) is 5.75 Å². The minimum Gasteiger partial charge on any atom is -0.494 e. The van der Waals surface area contributed by atoms with E-state index in [0.717, 1.165) is 12.0 Å². The van der Waals surface area contributed by atoms with Crippen molar-refractivity contribution in [1.82, 2.24) is 5.32 Å². The largest absolute Gasteiger partial charge is 0.494 e. The number of hydrogen-bond donors (Lipinski definition) is 1. The molecule has 0 bridgehead atoms. The number of methoxy groups -OCH3 is 1. The molecule has 0 aliphatic heterocycles. The summed E-state index contributed by atoms with van der Waals surface area (Å²) in [5.74, 6) is 0.801. The molecule has 1 aliphatic carbocycles. The molecule has 1 aliphatic rings. The molecule has 1 saturated carbocycles. The summed E-state index contributed by atoms with van der Waals surface area (Å²) >= 11 is 0. The molecule has 1 atom stereocenters. The highest BCUT2D eigenvalue weighted by atomic mass is 19.1. The fourth-order valence-electron chi connectivity index (χ4n) is 3.33. The smallest absolute Gasteiger partial charge is 0.168 e. The first-order chi connectivity index (χ1) is 9.76. The lowest BCUT2D eigenvalue weighted by Gasteiger charge is -2.26. The van der Waals surface area contributed by atoms with E-state index in [2.05, 4.69) is 5.32 Å². The number of likely N-dealkylation sites (N-methyl/N-ethyl adjacent to an activating group) is 1. The Balaban J connectivity index is 2.09. The lowest BCUT2D eigenvalue weighted by molar-refractivity contribution is 0.327. The van der Waals surface area contributed by atoms with Gasteiger partial charge in [0, 0.05) is 6.04 Å². The van der Waals surface area contributed by atoms with Crippen molar-refractivity contribution in [3.05, 3.63) is 29.6 Å². The molecular weight excluding hydrogens is 253 g/mol. The van der Waals surface area contributed by atoms with Gasteiger partial charge < -0.3 is 10.1 Å². The number of ether oxygens (including phenoxy) is 1. The standard InChI is InChI=1S/C17H26FNO/c1-19-15(13-8-5-3-4-6-9-13)12-14-10-7-11-16(20-2)17(14)18/h7,10-11,13,15,19H,3-6,8-9,12H2,1-2H3. The summed E-state index contributed by atoms with van der Waals surface area (Å²) in [5, 5.41) is 3.41. The molecule has 1 fully saturated rings. The van der Waals surface area contributed by atoms with Crippen molar-refractivity contribution in [2.24, 2.45) is 5.92 Å². The summed E-state index contributed by atoms with van der Waals surface area (Å²) in [4.78, 5) is 0. The Morgan fingerprint density at radius 3 is 2.55 bits per heavy atom. The average molecular weight is 279 g/mol. The molecule has 0 saturated heterocycles. The lowest BCUT2D eigenvalue weighted by Crippen LogP contribution is -2.35. The van der Waals surface area contributed by atoms with Crippen molar-refractivity contribution < 1.29 is 9.13 Å². The summed E-state index contributed by atoms with van der Waals surface area (Å²) in [5.41, 5.74) is 0.757. The molecule has 112 valence electrons. The van der Waals surface area contributed by atoms with E-state index in [1.807, 2.05) is 19.2 Å². The molecule has 0 radical (unpaired) electrons. The van der Waals surface area contributed by atoms with Crippen LogP contribution in [-0.4, -0.2) is 20.2 Å². The summed E-state index contributed by atoms with van der Waals surface area (Å²) in [7, 11) is 3.51. The maximum atomic E-state index is 14.3. The molecule has 2 rings (SSSR count). The van der Waals surface area contributed by atoms with Gasteiger partial charge in [-0.3, -0.25) is 0 Å². The van der Waals surface area contributed by atoms with Crippen molar-refractivity contribution in [2.45, 2.75) is 51.0 Å². The molecule has 0 spiro atoms. The molecule has 1 aromatic rings. The van der Waals surface area contributed by atoms with Crippen molar-refractivity contribution >= 4 is 0 Å². The highest BCUT2D eigenvalue weighted by Crippen LogP contribution is 2.28. The second-order valence-electron chi connectivity index (χ2n) is 5.78. The van der Waals surface area contributed by atoms with Gasteiger partial charge in [0.2, 0.25) is 0 Å². The van der Waals surface area contributed by atoms with Crippen LogP contribution in [0.3, 0.4) is 0 Å². The van der Waals surface area contributed by atoms with Crippen molar-refractivity contribution in [1.29, 1.82) is 0 Å². The predicted octanol–water partition coefficient (Wildman–Crippen LogP) is 3.94. The van der Waals surface area contributed by atoms with E-state index in [4.69, 9.17) is 4.74 Å². The normalized spacial score (nSPS) is 18.6. The first-order valence-corrected chi connectivity index (χ1v) is 7.75. The molecule has 1 N–H and O–H groups in total. The van der Waals surface area contributed by atoms with Crippen LogP contribution in [0.15, 0.2) is 18.2 Å². The van der Waals surface area contributed by atoms with Crippen LogP contribution in [0.1, 0.15) is 44.1 Å². The third kappa shape index (κ3) is 3.72. The minimum atomic E-state index is -0.205. The average Bonchev–Trinajstić information content (AvgIpc) is 2.75. The Bertz CT molecular complexity index is 413. The van der Waals surface area contributed by atoms with Crippen LogP contribution in [0.4, 0.5) is 4.39 Å². The molecule has 20 heavy (non-hydrogen) atoms. The van der Waals surface area contributed by atoms with Gasteiger partial charge >= 0.3 is 0 Å². The maximum absolute atomic E-state index is 14.3. The van der Waals surface area contributed by atoms with Crippen LogP contribution in [0.2, 0.25) is 0 Å². The Hall–Kier alpha value is -1.09. The molecule has 1 aromatic carbocycles. The summed E-state index contributed by atoms with van der Waals surface area (Å²) in [6, 6.07) is 5.78. The molecule has 2 nitrogen and oxygen atoms in total. The van der Waals surface area contributed by atoms with Gasteiger partial charge in [-0.1, -0.05) is 37.8 Å². The number of rotatable bonds is 5. The highest BCUT2D eigenvalue weighted by Gasteiger charge is 2.23. The van der Waals surface area contributed by atoms with E-state index < -0.39 is 0 Å². The third-order valence-electron chi connectivity index (χ3n) is 4.54. The van der Waals surface area contributed by atoms with Gasteiger partial charge in [-0.15, -0.1) is 0 Å². The Morgan fingerprint density at radius 1 is 1.25 bits per heavy atom. The Morgan fingerprint density at radius 2 is 1.95 bits per heavy atom. The molecule has 0 amide bonds. The van der Waals surface area contributed by atoms with E-state index in [1.165, 1.54) is 45.6 Å². The molecule has 3 heteroatoms. The van der Waals surface area contributed by atoms with E-state index >= 15 is 0 Å². The second kappa shape index (κ2) is 7.63. The van der Waals surface area contributed by atoms with Crippen LogP contribution in [0, 0.1) is 11.7 Å². The highest BCUT2D eigenvalue weighted by molar-refractivity contribution is 5.31. The first kappa shape index (κ1) is 15.3. The number of benzene rings is 1. The van der Waals surface area contributed by atoms with Gasteiger partial charge in [-0.05, 0) is 43.9 Å². The Labute approximate surface area is 121 Å². The molecule has 1 unspecified atom stereocenters. The molecule has 0 heterocycles. The minimum absolute atomic E-state index is 0.205. The summed E-state index contributed by atoms with van der Waals surface area (Å²) in [6.45, 7) is 0. The lowest BCUT2D eigenvalue weighted by atomic mass is 9.87. The maximum Gasteiger partial charge on any atom is 0.168 e. The van der Waals surface area contributed by atoms with Gasteiger partial charge in [0.05, 0.1) is 7.11 Å². The van der Waals surface area contributed by atoms with Crippen LogP contribution in [0.5, 0.6) is 5.75 Å². The zero-order valence-corrected chi connectivity index (χ0v) is 12.6. The SMILES string of the molecule is CNC(Cc1cccc(OC)c1F)C1CCCCCC1. The van der Waals surface area contributed by atoms with Gasteiger partial charge in [0.25, 0.3) is 0 Å². The van der Waals surface area contributed by atoms with E-state index in [1.54, 1.807) is 6.07 Å². The summed E-state index contributed by atoms with van der Waals surface area (Å²) < 4.78 is 19.3. The molecule has 0 aromatic heterocycles. The van der Waals surface area contributed by atoms with Crippen LogP contribution in [0.25, 0.3) is 0 Å². The number of halogens is 1. The van der Waals surface area contributed by atoms with Crippen molar-refractivity contribution in [3.63, 3.8) is 0 Å². The van der Waals surface area contributed by atoms with Gasteiger partial charge in [-0.2, -0.15) is 0 Å². The third-order valence-corrected chi connectivity index (χ3v) is 4.54. The fraction of sp³-hybridized carbons (Fsp3) is 0.647. The Kier molecular flexibility index (Phi) is 5.84. The quantitative estimate of drug-likeness (QED) is 0.824. The first-order valence-electron chi connectivity index (χ1n) is 7.75. The zero-order valence-electron chi connectivity index (χ0n) is 12.6. The zero-order chi connectivity index (χ0) is 14.4. The van der Waals surface area contributed by atoms with E-state index in [9.17, 15) is 4.39 Å². The van der Waals surface area contributed by atoms with Crippen LogP contribution >= 0.6 is 0 Å². The predicted molar refractivity (Wildman–Crippen MR) is 80.7 cm³/mol. The second-order valence-corrected chi connectivity index (χ2v) is 5.78. The van der Waals surface area contributed by atoms with Crippen molar-refractivity contribution in [2.75, 3.05) is 14.2 Å². The van der Waals surface area contributed by atoms with Gasteiger partial charge in [0.15, 0.2) is 11.6 Å². The topological polar surface area (TPSA) is 21.3 Å². The number of nitrogens with one attached hydrogen (secondary N) is 1. The molecular formula is C17H26FNO. The van der Waals surface area contributed by atoms with E-state index in [-0.39, 0.29) is 5.82 Å². The van der Waals surface area contributed by atoms with Gasteiger partial charge in [0.1, 0.15) is 0 Å². The van der Waals surface area contributed by atoms with Crippen LogP contribution < -0.4 is 10.1 Å². The monoisotopic (exact) mass is 279 g/mol.